The lowest BCUT2D eigenvalue weighted by molar-refractivity contribution is 0.565. The van der Waals surface area contributed by atoms with E-state index in [2.05, 4.69) is 57.7 Å². The first-order valence-corrected chi connectivity index (χ1v) is 11.6. The summed E-state index contributed by atoms with van der Waals surface area (Å²) < 4.78 is 2.21. The van der Waals surface area contributed by atoms with Crippen LogP contribution in [-0.4, -0.2) is 19.6 Å². The van der Waals surface area contributed by atoms with Gasteiger partial charge in [-0.15, -0.1) is 0 Å². The second kappa shape index (κ2) is 8.61. The molecular weight excluding hydrogens is 450 g/mol. The molecule has 0 bridgehead atoms. The normalized spacial score (nSPS) is 17.9. The monoisotopic (exact) mass is 473 g/mol. The molecule has 4 heterocycles. The zero-order valence-corrected chi connectivity index (χ0v) is 20.2. The van der Waals surface area contributed by atoms with E-state index in [-0.39, 0.29) is 12.1 Å². The van der Waals surface area contributed by atoms with Crippen molar-refractivity contribution < 1.29 is 0 Å². The fourth-order valence-electron chi connectivity index (χ4n) is 4.63. The number of thiocarbonyl (C=S) groups is 1. The Bertz CT molecular complexity index is 1320. The Morgan fingerprint density at radius 3 is 2.42 bits per heavy atom. The Labute approximate surface area is 204 Å². The number of aryl methyl sites for hydroxylation is 2. The van der Waals surface area contributed by atoms with Gasteiger partial charge in [0.2, 0.25) is 0 Å². The van der Waals surface area contributed by atoms with E-state index in [1.165, 1.54) is 11.1 Å². The first-order chi connectivity index (χ1) is 15.9. The number of aromatic nitrogens is 3. The van der Waals surface area contributed by atoms with Gasteiger partial charge in [0.1, 0.15) is 5.82 Å². The maximum Gasteiger partial charge on any atom is 0.174 e. The summed E-state index contributed by atoms with van der Waals surface area (Å²) in [6, 6.07) is 19.9. The van der Waals surface area contributed by atoms with Gasteiger partial charge in [0, 0.05) is 34.5 Å². The minimum absolute atomic E-state index is 0.0849. The minimum atomic E-state index is -0.103. The molecule has 1 N–H and O–H groups in total. The smallest absolute Gasteiger partial charge is 0.174 e. The predicted octanol–water partition coefficient (Wildman–Crippen LogP) is 6.02. The van der Waals surface area contributed by atoms with Crippen LogP contribution >= 0.6 is 23.8 Å². The Balaban J connectivity index is 1.68. The third-order valence-electron chi connectivity index (χ3n) is 6.12. The Morgan fingerprint density at radius 2 is 1.73 bits per heavy atom. The largest absolute Gasteiger partial charge is 0.351 e. The third-order valence-corrected chi connectivity index (χ3v) is 6.69. The van der Waals surface area contributed by atoms with E-state index in [0.29, 0.717) is 10.1 Å². The van der Waals surface area contributed by atoms with E-state index in [4.69, 9.17) is 23.8 Å². The predicted molar refractivity (Wildman–Crippen MR) is 137 cm³/mol. The molecule has 1 saturated heterocycles. The van der Waals surface area contributed by atoms with E-state index < -0.39 is 0 Å². The van der Waals surface area contributed by atoms with E-state index in [9.17, 15) is 0 Å². The van der Waals surface area contributed by atoms with Crippen LogP contribution in [0.5, 0.6) is 0 Å². The average Bonchev–Trinajstić information content (AvgIpc) is 3.30. The molecule has 0 unspecified atom stereocenters. The van der Waals surface area contributed by atoms with Crippen LogP contribution in [0.4, 0.5) is 5.69 Å². The molecule has 1 fully saturated rings. The highest BCUT2D eigenvalue weighted by Crippen LogP contribution is 2.43. The lowest BCUT2D eigenvalue weighted by Crippen LogP contribution is -2.29. The molecule has 1 aliphatic heterocycles. The summed E-state index contributed by atoms with van der Waals surface area (Å²) in [5, 5.41) is 4.88. The molecule has 0 amide bonds. The summed E-state index contributed by atoms with van der Waals surface area (Å²) in [6.45, 7) is 6.34. The van der Waals surface area contributed by atoms with Gasteiger partial charge in [0.05, 0.1) is 17.8 Å². The van der Waals surface area contributed by atoms with E-state index in [1.54, 1.807) is 0 Å². The van der Waals surface area contributed by atoms with Crippen molar-refractivity contribution in [3.8, 4) is 5.82 Å². The number of anilines is 1. The molecule has 7 heteroatoms. The van der Waals surface area contributed by atoms with Crippen molar-refractivity contribution in [2.24, 2.45) is 0 Å². The van der Waals surface area contributed by atoms with Crippen LogP contribution in [0.3, 0.4) is 0 Å². The van der Waals surface area contributed by atoms with Gasteiger partial charge in [-0.1, -0.05) is 17.7 Å². The van der Waals surface area contributed by atoms with Gasteiger partial charge in [-0.2, -0.15) is 0 Å². The van der Waals surface area contributed by atoms with Crippen molar-refractivity contribution in [2.45, 2.75) is 32.9 Å². The van der Waals surface area contributed by atoms with Gasteiger partial charge >= 0.3 is 0 Å². The summed E-state index contributed by atoms with van der Waals surface area (Å²) in [7, 11) is 0. The van der Waals surface area contributed by atoms with Gasteiger partial charge in [-0.3, -0.25) is 4.98 Å². The summed E-state index contributed by atoms with van der Waals surface area (Å²) in [5.41, 5.74) is 6.52. The highest BCUT2D eigenvalue weighted by molar-refractivity contribution is 7.80. The molecule has 166 valence electrons. The van der Waals surface area contributed by atoms with Gasteiger partial charge < -0.3 is 14.8 Å². The zero-order valence-electron chi connectivity index (χ0n) is 18.7. The number of rotatable bonds is 4. The van der Waals surface area contributed by atoms with Gasteiger partial charge in [-0.25, -0.2) is 4.98 Å². The standard InChI is InChI=1S/C26H24ClN5S/c1-16-11-13-29-23(14-16)31-17(2)15-21(18(31)3)25-24(22-6-4-5-12-28-22)30-26(33)32(25)20-9-7-19(27)8-10-20/h4-15,24-25H,1-3H3,(H,30,33)/t24-,25+/m1/s1. The molecule has 0 spiro atoms. The maximum atomic E-state index is 6.18. The van der Waals surface area contributed by atoms with Crippen molar-refractivity contribution in [1.82, 2.24) is 19.9 Å². The highest BCUT2D eigenvalue weighted by atomic mass is 35.5. The zero-order chi connectivity index (χ0) is 23.1. The van der Waals surface area contributed by atoms with Crippen LogP contribution in [0.25, 0.3) is 5.82 Å². The molecule has 3 aromatic heterocycles. The second-order valence-corrected chi connectivity index (χ2v) is 9.15. The number of benzene rings is 1. The molecule has 5 nitrogen and oxygen atoms in total. The summed E-state index contributed by atoms with van der Waals surface area (Å²) in [5.74, 6) is 0.914. The lowest BCUT2D eigenvalue weighted by Gasteiger charge is -2.28. The van der Waals surface area contributed by atoms with Gasteiger partial charge in [-0.05, 0) is 98.7 Å². The molecule has 5 rings (SSSR count). The van der Waals surface area contributed by atoms with E-state index >= 15 is 0 Å². The van der Waals surface area contributed by atoms with E-state index in [1.807, 2.05) is 60.9 Å². The topological polar surface area (TPSA) is 46.0 Å². The minimum Gasteiger partial charge on any atom is -0.351 e. The van der Waals surface area contributed by atoms with E-state index in [0.717, 1.165) is 28.6 Å². The molecule has 1 aliphatic rings. The quantitative estimate of drug-likeness (QED) is 0.367. The number of halogens is 1. The third kappa shape index (κ3) is 3.90. The lowest BCUT2D eigenvalue weighted by atomic mass is 9.96. The number of pyridine rings is 2. The van der Waals surface area contributed by atoms with Crippen LogP contribution in [0.1, 0.15) is 40.3 Å². The number of hydrogen-bond donors (Lipinski definition) is 1. The highest BCUT2D eigenvalue weighted by Gasteiger charge is 2.42. The molecular formula is C26H24ClN5S. The molecule has 2 atom stereocenters. The Kier molecular flexibility index (Phi) is 5.64. The Morgan fingerprint density at radius 1 is 0.939 bits per heavy atom. The molecule has 0 aliphatic carbocycles. The number of hydrogen-bond acceptors (Lipinski definition) is 3. The van der Waals surface area contributed by atoms with Crippen molar-refractivity contribution in [1.29, 1.82) is 0 Å². The molecule has 4 aromatic rings. The van der Waals surface area contributed by atoms with Crippen molar-refractivity contribution in [2.75, 3.05) is 4.90 Å². The number of nitrogens with zero attached hydrogens (tertiary/aromatic N) is 4. The van der Waals surface area contributed by atoms with Crippen LogP contribution in [0.15, 0.2) is 73.1 Å². The maximum absolute atomic E-state index is 6.18. The van der Waals surface area contributed by atoms with Crippen LogP contribution < -0.4 is 10.2 Å². The van der Waals surface area contributed by atoms with Gasteiger partial charge in [0.25, 0.3) is 0 Å². The fraction of sp³-hybridized carbons (Fsp3) is 0.192. The van der Waals surface area contributed by atoms with Crippen molar-refractivity contribution in [3.63, 3.8) is 0 Å². The van der Waals surface area contributed by atoms with Crippen molar-refractivity contribution >= 4 is 34.6 Å². The first kappa shape index (κ1) is 21.6. The van der Waals surface area contributed by atoms with Crippen molar-refractivity contribution in [3.05, 3.63) is 106 Å². The SMILES string of the molecule is Cc1ccnc(-n2c(C)cc([C@H]3[C@@H](c4ccccn4)NC(=S)N3c3ccc(Cl)cc3)c2C)c1. The van der Waals surface area contributed by atoms with Crippen LogP contribution in [-0.2, 0) is 0 Å². The van der Waals surface area contributed by atoms with Crippen LogP contribution in [0, 0.1) is 20.8 Å². The summed E-state index contributed by atoms with van der Waals surface area (Å²) in [6.07, 6.45) is 3.67. The first-order valence-electron chi connectivity index (χ1n) is 10.8. The van der Waals surface area contributed by atoms with Gasteiger partial charge in [0.15, 0.2) is 5.11 Å². The second-order valence-electron chi connectivity index (χ2n) is 8.33. The van der Waals surface area contributed by atoms with Crippen LogP contribution in [0.2, 0.25) is 5.02 Å². The molecule has 0 saturated carbocycles. The summed E-state index contributed by atoms with van der Waals surface area (Å²) >= 11 is 12.0. The molecule has 0 radical (unpaired) electrons. The molecule has 33 heavy (non-hydrogen) atoms. The summed E-state index contributed by atoms with van der Waals surface area (Å²) in [4.78, 5) is 11.5. The number of nitrogens with one attached hydrogen (secondary N) is 1. The fourth-order valence-corrected chi connectivity index (χ4v) is 5.10. The molecule has 1 aromatic carbocycles. The Hall–Kier alpha value is -3.22. The average molecular weight is 474 g/mol.